The van der Waals surface area contributed by atoms with Gasteiger partial charge in [0, 0.05) is 6.54 Å². The van der Waals surface area contributed by atoms with E-state index in [1.54, 1.807) is 6.20 Å². The van der Waals surface area contributed by atoms with Crippen LogP contribution < -0.4 is 5.32 Å². The summed E-state index contributed by atoms with van der Waals surface area (Å²) in [4.78, 5) is 7.90. The lowest BCUT2D eigenvalue weighted by atomic mass is 10.3. The maximum atomic E-state index is 9.20. The molecule has 0 aliphatic heterocycles. The van der Waals surface area contributed by atoms with Crippen molar-refractivity contribution in [3.05, 3.63) is 11.5 Å². The molecule has 4 N–H and O–H groups in total. The van der Waals surface area contributed by atoms with Crippen LogP contribution in [0.2, 0.25) is 5.28 Å². The Morgan fingerprint density at radius 1 is 1.50 bits per heavy atom. The maximum absolute atomic E-state index is 9.20. The number of halogens is 1. The van der Waals surface area contributed by atoms with Gasteiger partial charge in [-0.05, 0) is 11.6 Å². The van der Waals surface area contributed by atoms with E-state index in [0.29, 0.717) is 16.9 Å². The molecule has 16 heavy (non-hydrogen) atoms. The Morgan fingerprint density at radius 3 is 3.06 bits per heavy atom. The van der Waals surface area contributed by atoms with Crippen LogP contribution in [0.15, 0.2) is 6.20 Å². The van der Waals surface area contributed by atoms with Crippen LogP contribution >= 0.6 is 11.6 Å². The van der Waals surface area contributed by atoms with Crippen molar-refractivity contribution >= 4 is 28.5 Å². The summed E-state index contributed by atoms with van der Waals surface area (Å²) >= 11 is 5.71. The number of H-pyrrole nitrogens is 1. The molecule has 1 unspecified atom stereocenters. The van der Waals surface area contributed by atoms with Crippen LogP contribution in [-0.4, -0.2) is 49.6 Å². The molecule has 2 aromatic heterocycles. The zero-order chi connectivity index (χ0) is 11.5. The highest BCUT2D eigenvalue weighted by Crippen LogP contribution is 2.19. The fourth-order valence-corrected chi connectivity index (χ4v) is 1.39. The number of aromatic amines is 1. The SMILES string of the molecule is OCC(O)CNc1nc(Cl)nc2[nH]ncc12. The smallest absolute Gasteiger partial charge is 0.226 e. The van der Waals surface area contributed by atoms with Gasteiger partial charge >= 0.3 is 0 Å². The third-order valence-corrected chi connectivity index (χ3v) is 2.17. The number of rotatable bonds is 4. The second kappa shape index (κ2) is 4.60. The summed E-state index contributed by atoms with van der Waals surface area (Å²) in [6, 6.07) is 0. The van der Waals surface area contributed by atoms with Crippen molar-refractivity contribution in [2.75, 3.05) is 18.5 Å². The fourth-order valence-electron chi connectivity index (χ4n) is 1.22. The number of nitrogens with one attached hydrogen (secondary N) is 2. The van der Waals surface area contributed by atoms with Crippen LogP contribution in [0.25, 0.3) is 11.0 Å². The number of nitrogens with zero attached hydrogens (tertiary/aromatic N) is 3. The number of aliphatic hydroxyl groups excluding tert-OH is 2. The van der Waals surface area contributed by atoms with E-state index in [4.69, 9.17) is 16.7 Å². The standard InChI is InChI=1S/C8H10ClN5O2/c9-8-12-6(10-1-4(16)3-15)5-2-11-14-7(5)13-8/h2,4,15-16H,1,3H2,(H2,10,11,12,13,14). The van der Waals surface area contributed by atoms with Crippen LogP contribution in [0.5, 0.6) is 0 Å². The molecule has 86 valence electrons. The molecule has 2 heterocycles. The Kier molecular flexibility index (Phi) is 3.18. The first kappa shape index (κ1) is 11.1. The molecule has 0 amide bonds. The van der Waals surface area contributed by atoms with E-state index in [0.717, 1.165) is 0 Å². The van der Waals surface area contributed by atoms with Gasteiger partial charge in [0.15, 0.2) is 5.65 Å². The topological polar surface area (TPSA) is 107 Å². The van der Waals surface area contributed by atoms with Gasteiger partial charge < -0.3 is 15.5 Å². The average Bonchev–Trinajstić information content (AvgIpc) is 2.73. The van der Waals surface area contributed by atoms with E-state index >= 15 is 0 Å². The first-order chi connectivity index (χ1) is 7.70. The van der Waals surface area contributed by atoms with E-state index in [1.807, 2.05) is 0 Å². The molecular formula is C8H10ClN5O2. The largest absolute Gasteiger partial charge is 0.394 e. The molecule has 0 aliphatic rings. The minimum Gasteiger partial charge on any atom is -0.394 e. The van der Waals surface area contributed by atoms with Crippen LogP contribution in [0.4, 0.5) is 5.82 Å². The molecule has 0 saturated heterocycles. The first-order valence-corrected chi connectivity index (χ1v) is 4.98. The zero-order valence-electron chi connectivity index (χ0n) is 8.18. The van der Waals surface area contributed by atoms with Gasteiger partial charge in [-0.15, -0.1) is 0 Å². The Hall–Kier alpha value is -1.44. The first-order valence-electron chi connectivity index (χ1n) is 4.60. The number of anilines is 1. The summed E-state index contributed by atoms with van der Waals surface area (Å²) < 4.78 is 0. The number of aromatic nitrogens is 4. The number of fused-ring (bicyclic) bond motifs is 1. The lowest BCUT2D eigenvalue weighted by Crippen LogP contribution is -2.23. The molecule has 2 rings (SSSR count). The van der Waals surface area contributed by atoms with Crippen LogP contribution in [-0.2, 0) is 0 Å². The Bertz CT molecular complexity index is 488. The summed E-state index contributed by atoms with van der Waals surface area (Å²) in [5.41, 5.74) is 0.515. The number of aliphatic hydroxyl groups is 2. The van der Waals surface area contributed by atoms with Crippen molar-refractivity contribution in [1.29, 1.82) is 0 Å². The lowest BCUT2D eigenvalue weighted by Gasteiger charge is -2.09. The Labute approximate surface area is 95.5 Å². The van der Waals surface area contributed by atoms with Crippen molar-refractivity contribution in [3.63, 3.8) is 0 Å². The summed E-state index contributed by atoms with van der Waals surface area (Å²) in [5.74, 6) is 0.469. The third kappa shape index (κ3) is 2.21. The molecule has 1 atom stereocenters. The Morgan fingerprint density at radius 2 is 2.31 bits per heavy atom. The Balaban J connectivity index is 2.25. The predicted molar refractivity (Wildman–Crippen MR) is 58.3 cm³/mol. The minimum absolute atomic E-state index is 0.0812. The molecule has 0 spiro atoms. The zero-order valence-corrected chi connectivity index (χ0v) is 8.94. The van der Waals surface area contributed by atoms with Gasteiger partial charge in [-0.2, -0.15) is 15.1 Å². The third-order valence-electron chi connectivity index (χ3n) is 2.00. The molecular weight excluding hydrogens is 234 g/mol. The number of hydrogen-bond acceptors (Lipinski definition) is 6. The predicted octanol–water partition coefficient (Wildman–Crippen LogP) is -0.229. The highest BCUT2D eigenvalue weighted by molar-refractivity contribution is 6.28. The average molecular weight is 244 g/mol. The van der Waals surface area contributed by atoms with Gasteiger partial charge in [-0.1, -0.05) is 0 Å². The molecule has 0 aliphatic carbocycles. The van der Waals surface area contributed by atoms with Crippen molar-refractivity contribution in [2.24, 2.45) is 0 Å². The van der Waals surface area contributed by atoms with E-state index in [9.17, 15) is 5.11 Å². The second-order valence-electron chi connectivity index (χ2n) is 3.19. The van der Waals surface area contributed by atoms with Gasteiger partial charge in [-0.25, -0.2) is 0 Å². The molecule has 0 fully saturated rings. The molecule has 2 aromatic rings. The van der Waals surface area contributed by atoms with Crippen LogP contribution in [0.3, 0.4) is 0 Å². The summed E-state index contributed by atoms with van der Waals surface area (Å²) in [6.07, 6.45) is 0.704. The highest BCUT2D eigenvalue weighted by atomic mass is 35.5. The summed E-state index contributed by atoms with van der Waals surface area (Å²) in [6.45, 7) is -0.148. The van der Waals surface area contributed by atoms with E-state index in [2.05, 4.69) is 25.5 Å². The highest BCUT2D eigenvalue weighted by Gasteiger charge is 2.09. The molecule has 0 saturated carbocycles. The maximum Gasteiger partial charge on any atom is 0.226 e. The van der Waals surface area contributed by atoms with Crippen LogP contribution in [0, 0.1) is 0 Å². The molecule has 8 heteroatoms. The number of hydrogen-bond donors (Lipinski definition) is 4. The summed E-state index contributed by atoms with van der Waals surface area (Å²) in [5, 5.41) is 28.0. The van der Waals surface area contributed by atoms with Gasteiger partial charge in [-0.3, -0.25) is 5.10 Å². The van der Waals surface area contributed by atoms with E-state index in [1.165, 1.54) is 0 Å². The van der Waals surface area contributed by atoms with Gasteiger partial charge in [0.25, 0.3) is 0 Å². The van der Waals surface area contributed by atoms with E-state index < -0.39 is 6.10 Å². The van der Waals surface area contributed by atoms with Gasteiger partial charge in [0.2, 0.25) is 5.28 Å². The lowest BCUT2D eigenvalue weighted by molar-refractivity contribution is 0.105. The molecule has 7 nitrogen and oxygen atoms in total. The van der Waals surface area contributed by atoms with E-state index in [-0.39, 0.29) is 18.4 Å². The quantitative estimate of drug-likeness (QED) is 0.553. The van der Waals surface area contributed by atoms with Crippen molar-refractivity contribution in [1.82, 2.24) is 20.2 Å². The normalized spacial score (nSPS) is 12.9. The minimum atomic E-state index is -0.851. The van der Waals surface area contributed by atoms with Crippen LogP contribution in [0.1, 0.15) is 0 Å². The van der Waals surface area contributed by atoms with Crippen molar-refractivity contribution in [2.45, 2.75) is 6.10 Å². The molecule has 0 aromatic carbocycles. The fraction of sp³-hybridized carbons (Fsp3) is 0.375. The molecule has 0 bridgehead atoms. The second-order valence-corrected chi connectivity index (χ2v) is 3.53. The van der Waals surface area contributed by atoms with Crippen molar-refractivity contribution < 1.29 is 10.2 Å². The van der Waals surface area contributed by atoms with Crippen molar-refractivity contribution in [3.8, 4) is 0 Å². The van der Waals surface area contributed by atoms with Gasteiger partial charge in [0.05, 0.1) is 24.3 Å². The van der Waals surface area contributed by atoms with Gasteiger partial charge in [0.1, 0.15) is 5.82 Å². The molecule has 0 radical (unpaired) electrons. The monoisotopic (exact) mass is 243 g/mol. The summed E-state index contributed by atoms with van der Waals surface area (Å²) in [7, 11) is 0.